The third-order valence-electron chi connectivity index (χ3n) is 2.56. The molecule has 0 spiro atoms. The minimum Gasteiger partial charge on any atom is -0.481 e. The largest absolute Gasteiger partial charge is 0.481 e. The Morgan fingerprint density at radius 1 is 1.36 bits per heavy atom. The molecule has 2 N–H and O–H groups in total. The van der Waals surface area contributed by atoms with Crippen LogP contribution in [0.4, 0.5) is 23.7 Å². The zero-order valence-corrected chi connectivity index (χ0v) is 11.2. The Hall–Kier alpha value is -2.91. The number of hydrazone groups is 1. The SMILES string of the molecule is COC1=CC(C(F)(F)F)=NN(N(C(=O)O)c2ccccc2)N1. The molecule has 1 aromatic rings. The van der Waals surface area contributed by atoms with Gasteiger partial charge in [-0.15, -0.1) is 10.1 Å². The second-order valence-corrected chi connectivity index (χ2v) is 4.03. The highest BCUT2D eigenvalue weighted by Crippen LogP contribution is 2.24. The number of halogens is 3. The monoisotopic (exact) mass is 316 g/mol. The van der Waals surface area contributed by atoms with Crippen LogP contribution in [0, 0.1) is 0 Å². The molecule has 0 saturated carbocycles. The Morgan fingerprint density at radius 3 is 2.50 bits per heavy atom. The molecule has 7 nitrogen and oxygen atoms in total. The zero-order valence-electron chi connectivity index (χ0n) is 11.2. The third-order valence-corrected chi connectivity index (χ3v) is 2.56. The predicted octanol–water partition coefficient (Wildman–Crippen LogP) is 2.31. The molecule has 1 heterocycles. The Kier molecular flexibility index (Phi) is 4.11. The lowest BCUT2D eigenvalue weighted by atomic mass is 10.3. The number of carbonyl (C=O) groups is 1. The summed E-state index contributed by atoms with van der Waals surface area (Å²) in [6, 6.07) is 7.53. The summed E-state index contributed by atoms with van der Waals surface area (Å²) in [6.45, 7) is 0. The quantitative estimate of drug-likeness (QED) is 0.895. The van der Waals surface area contributed by atoms with Crippen LogP contribution in [0.5, 0.6) is 0 Å². The summed E-state index contributed by atoms with van der Waals surface area (Å²) < 4.78 is 43.2. The third kappa shape index (κ3) is 3.22. The van der Waals surface area contributed by atoms with Gasteiger partial charge in [0.2, 0.25) is 5.88 Å². The van der Waals surface area contributed by atoms with E-state index >= 15 is 0 Å². The topological polar surface area (TPSA) is 77.4 Å². The first-order chi connectivity index (χ1) is 10.3. The molecule has 10 heteroatoms. The molecular formula is C12H11F3N4O3. The fourth-order valence-electron chi connectivity index (χ4n) is 1.62. The van der Waals surface area contributed by atoms with E-state index in [2.05, 4.69) is 10.5 Å². The van der Waals surface area contributed by atoms with Gasteiger partial charge in [-0.1, -0.05) is 23.4 Å². The Labute approximate surface area is 122 Å². The minimum atomic E-state index is -4.76. The van der Waals surface area contributed by atoms with Gasteiger partial charge in [0.25, 0.3) is 0 Å². The summed E-state index contributed by atoms with van der Waals surface area (Å²) >= 11 is 0. The van der Waals surface area contributed by atoms with Crippen LogP contribution in [0.2, 0.25) is 0 Å². The van der Waals surface area contributed by atoms with Gasteiger partial charge < -0.3 is 9.84 Å². The lowest BCUT2D eigenvalue weighted by molar-refractivity contribution is -0.0610. The number of carboxylic acid groups (broad SMARTS) is 1. The maximum Gasteiger partial charge on any atom is 0.435 e. The van der Waals surface area contributed by atoms with E-state index in [-0.39, 0.29) is 11.6 Å². The van der Waals surface area contributed by atoms with Crippen LogP contribution in [0.1, 0.15) is 0 Å². The van der Waals surface area contributed by atoms with E-state index in [1.807, 2.05) is 0 Å². The molecule has 0 saturated heterocycles. The molecule has 0 atom stereocenters. The molecule has 1 aliphatic rings. The van der Waals surface area contributed by atoms with Crippen LogP contribution in [0.3, 0.4) is 0 Å². The highest BCUT2D eigenvalue weighted by Gasteiger charge is 2.39. The normalized spacial score (nSPS) is 14.6. The molecule has 0 aromatic heterocycles. The van der Waals surface area contributed by atoms with Crippen molar-refractivity contribution in [2.24, 2.45) is 5.10 Å². The molecule has 1 aromatic carbocycles. The lowest BCUT2D eigenvalue weighted by Gasteiger charge is -2.33. The van der Waals surface area contributed by atoms with Crippen LogP contribution in [0.15, 0.2) is 47.4 Å². The van der Waals surface area contributed by atoms with Gasteiger partial charge >= 0.3 is 12.3 Å². The van der Waals surface area contributed by atoms with Crippen LogP contribution in [-0.4, -0.2) is 35.4 Å². The number of hydrogen-bond acceptors (Lipinski definition) is 5. The second kappa shape index (κ2) is 5.84. The number of benzene rings is 1. The zero-order chi connectivity index (χ0) is 16.3. The molecule has 22 heavy (non-hydrogen) atoms. The number of hydrazine groups is 2. The molecular weight excluding hydrogens is 305 g/mol. The van der Waals surface area contributed by atoms with E-state index in [1.54, 1.807) is 6.07 Å². The number of ether oxygens (including phenoxy) is 1. The molecule has 2 rings (SSSR count). The van der Waals surface area contributed by atoms with Crippen molar-refractivity contribution in [3.8, 4) is 0 Å². The first kappa shape index (κ1) is 15.5. The van der Waals surface area contributed by atoms with E-state index in [0.717, 1.165) is 7.11 Å². The standard InChI is InChI=1S/C12H11F3N4O3/c1-22-10-7-9(12(13,14)15)16-19(17-10)18(11(20)21)8-5-3-2-4-6-8/h2-7,17H,1H3,(H,20,21). The van der Waals surface area contributed by atoms with E-state index in [0.29, 0.717) is 16.3 Å². The van der Waals surface area contributed by atoms with E-state index in [9.17, 15) is 23.1 Å². The first-order valence-corrected chi connectivity index (χ1v) is 5.89. The van der Waals surface area contributed by atoms with Crippen LogP contribution in [0.25, 0.3) is 0 Å². The van der Waals surface area contributed by atoms with Crippen molar-refractivity contribution in [3.63, 3.8) is 0 Å². The lowest BCUT2D eigenvalue weighted by Crippen LogP contribution is -2.53. The smallest absolute Gasteiger partial charge is 0.435 e. The molecule has 118 valence electrons. The fraction of sp³-hybridized carbons (Fsp3) is 0.167. The first-order valence-electron chi connectivity index (χ1n) is 5.89. The summed E-state index contributed by atoms with van der Waals surface area (Å²) in [4.78, 5) is 11.4. The number of nitrogens with one attached hydrogen (secondary N) is 1. The van der Waals surface area contributed by atoms with Crippen molar-refractivity contribution in [2.75, 3.05) is 12.1 Å². The minimum absolute atomic E-state index is 0.102. The summed E-state index contributed by atoms with van der Waals surface area (Å²) in [5.74, 6) is -0.301. The number of allylic oxidation sites excluding steroid dienone is 1. The van der Waals surface area contributed by atoms with Gasteiger partial charge in [0.15, 0.2) is 5.71 Å². The number of para-hydroxylation sites is 1. The highest BCUT2D eigenvalue weighted by atomic mass is 19.4. The second-order valence-electron chi connectivity index (χ2n) is 4.03. The molecule has 0 aliphatic carbocycles. The van der Waals surface area contributed by atoms with Gasteiger partial charge in [0, 0.05) is 6.08 Å². The van der Waals surface area contributed by atoms with Gasteiger partial charge in [-0.05, 0) is 12.1 Å². The van der Waals surface area contributed by atoms with E-state index in [4.69, 9.17) is 4.74 Å². The van der Waals surface area contributed by atoms with Gasteiger partial charge in [-0.2, -0.15) is 13.2 Å². The highest BCUT2D eigenvalue weighted by molar-refractivity contribution is 6.00. The molecule has 1 amide bonds. The molecule has 0 bridgehead atoms. The van der Waals surface area contributed by atoms with Crippen molar-refractivity contribution in [2.45, 2.75) is 6.18 Å². The van der Waals surface area contributed by atoms with Crippen LogP contribution in [-0.2, 0) is 4.74 Å². The summed E-state index contributed by atoms with van der Waals surface area (Å²) in [7, 11) is 1.14. The van der Waals surface area contributed by atoms with Crippen molar-refractivity contribution in [3.05, 3.63) is 42.3 Å². The van der Waals surface area contributed by atoms with Crippen molar-refractivity contribution in [1.82, 2.24) is 10.7 Å². The summed E-state index contributed by atoms with van der Waals surface area (Å²) in [6.07, 6.45) is -5.66. The Balaban J connectivity index is 2.42. The number of methoxy groups -OCH3 is 1. The fourth-order valence-corrected chi connectivity index (χ4v) is 1.62. The van der Waals surface area contributed by atoms with Crippen molar-refractivity contribution >= 4 is 17.5 Å². The molecule has 0 unspecified atom stereocenters. The number of anilines is 1. The van der Waals surface area contributed by atoms with Gasteiger partial charge in [-0.25, -0.2) is 10.2 Å². The maximum absolute atomic E-state index is 12.8. The van der Waals surface area contributed by atoms with Gasteiger partial charge in [-0.3, -0.25) is 0 Å². The molecule has 1 aliphatic heterocycles. The Bertz CT molecular complexity index is 616. The average molecular weight is 316 g/mol. The van der Waals surface area contributed by atoms with Gasteiger partial charge in [0.05, 0.1) is 12.8 Å². The summed E-state index contributed by atoms with van der Waals surface area (Å²) in [5, 5.41) is 13.5. The van der Waals surface area contributed by atoms with Crippen LogP contribution < -0.4 is 10.4 Å². The summed E-state index contributed by atoms with van der Waals surface area (Å²) in [5.41, 5.74) is 1.12. The predicted molar refractivity (Wildman–Crippen MR) is 70.5 cm³/mol. The number of hydrogen-bond donors (Lipinski definition) is 2. The number of nitrogens with zero attached hydrogens (tertiary/aromatic N) is 3. The number of amides is 1. The van der Waals surface area contributed by atoms with Crippen LogP contribution >= 0.6 is 0 Å². The van der Waals surface area contributed by atoms with E-state index in [1.165, 1.54) is 24.3 Å². The van der Waals surface area contributed by atoms with E-state index < -0.39 is 18.0 Å². The van der Waals surface area contributed by atoms with Crippen molar-refractivity contribution in [1.29, 1.82) is 0 Å². The Morgan fingerprint density at radius 2 is 2.00 bits per heavy atom. The van der Waals surface area contributed by atoms with Gasteiger partial charge in [0.1, 0.15) is 0 Å². The average Bonchev–Trinajstić information content (AvgIpc) is 2.47. The number of rotatable bonds is 3. The molecule has 0 radical (unpaired) electrons. The molecule has 0 fully saturated rings. The number of alkyl halides is 3. The maximum atomic E-state index is 12.8. The van der Waals surface area contributed by atoms with Crippen molar-refractivity contribution < 1.29 is 27.8 Å².